The summed E-state index contributed by atoms with van der Waals surface area (Å²) in [5.41, 5.74) is 6.32. The van der Waals surface area contributed by atoms with Crippen molar-refractivity contribution in [3.05, 3.63) is 59.9 Å². The molecule has 0 bridgehead atoms. The topological polar surface area (TPSA) is 73.0 Å². The van der Waals surface area contributed by atoms with Gasteiger partial charge in [0.05, 0.1) is 15.2 Å². The van der Waals surface area contributed by atoms with Crippen molar-refractivity contribution in [3.63, 3.8) is 0 Å². The van der Waals surface area contributed by atoms with E-state index in [1.54, 1.807) is 11.3 Å². The maximum Gasteiger partial charge on any atom is 0.229 e. The average molecular weight is 456 g/mol. The molecule has 166 valence electrons. The van der Waals surface area contributed by atoms with Gasteiger partial charge in [-0.25, -0.2) is 9.97 Å². The van der Waals surface area contributed by atoms with Crippen LogP contribution in [0.4, 0.5) is 17.3 Å². The molecule has 1 fully saturated rings. The summed E-state index contributed by atoms with van der Waals surface area (Å²) in [7, 11) is 2.17. The number of thiazole rings is 1. The molecule has 0 amide bonds. The molecule has 4 heterocycles. The summed E-state index contributed by atoms with van der Waals surface area (Å²) >= 11 is 1.72. The van der Waals surface area contributed by atoms with Crippen LogP contribution in [-0.2, 0) is 0 Å². The third-order valence-electron chi connectivity index (χ3n) is 6.21. The molecule has 0 radical (unpaired) electrons. The molecule has 1 aliphatic heterocycles. The van der Waals surface area contributed by atoms with Crippen molar-refractivity contribution in [1.29, 1.82) is 0 Å². The Morgan fingerprint density at radius 2 is 1.91 bits per heavy atom. The number of fused-ring (bicyclic) bond motifs is 2. The van der Waals surface area contributed by atoms with Crippen molar-refractivity contribution < 1.29 is 0 Å². The lowest BCUT2D eigenvalue weighted by molar-refractivity contribution is 0.313. The van der Waals surface area contributed by atoms with Gasteiger partial charge in [-0.3, -0.25) is 0 Å². The summed E-state index contributed by atoms with van der Waals surface area (Å²) in [6.45, 7) is 6.30. The summed E-state index contributed by atoms with van der Waals surface area (Å²) in [5.74, 6) is 0.583. The van der Waals surface area contributed by atoms with Gasteiger partial charge in [-0.1, -0.05) is 12.1 Å². The second-order valence-corrected chi connectivity index (χ2v) is 9.77. The van der Waals surface area contributed by atoms with E-state index in [9.17, 15) is 0 Å². The molecule has 2 N–H and O–H groups in total. The lowest BCUT2D eigenvalue weighted by Crippen LogP contribution is -2.44. The maximum absolute atomic E-state index is 4.73. The number of hydrogen-bond acceptors (Lipinski definition) is 7. The minimum absolute atomic E-state index is 0.583. The molecule has 6 rings (SSSR count). The molecule has 1 aliphatic rings. The monoisotopic (exact) mass is 455 g/mol. The number of piperazine rings is 1. The molecule has 0 unspecified atom stereocenters. The number of benzene rings is 2. The second-order valence-electron chi connectivity index (χ2n) is 8.54. The van der Waals surface area contributed by atoms with Crippen molar-refractivity contribution in [2.24, 2.45) is 0 Å². The average Bonchev–Trinajstić information content (AvgIpc) is 3.41. The van der Waals surface area contributed by atoms with E-state index in [0.29, 0.717) is 5.95 Å². The standard InChI is InChI=1S/C25H25N7S/c1-16-28-22-7-6-17(12-23(22)33-16)20-14-26-24-21(20)15-27-25(30-24)29-18-4-3-5-19(13-18)32-10-8-31(2)9-11-32/h3-7,12-15H,8-11H2,1-2H3,(H2,26,27,29,30). The zero-order valence-electron chi connectivity index (χ0n) is 18.7. The fourth-order valence-corrected chi connectivity index (χ4v) is 5.25. The van der Waals surface area contributed by atoms with Crippen LogP contribution in [0.3, 0.4) is 0 Å². The number of aromatic nitrogens is 4. The molecule has 8 heteroatoms. The highest BCUT2D eigenvalue weighted by molar-refractivity contribution is 7.18. The van der Waals surface area contributed by atoms with Crippen LogP contribution < -0.4 is 10.2 Å². The summed E-state index contributed by atoms with van der Waals surface area (Å²) in [5, 5.41) is 5.46. The molecule has 2 aromatic carbocycles. The van der Waals surface area contributed by atoms with E-state index in [2.05, 4.69) is 79.6 Å². The molecule has 3 aromatic heterocycles. The number of nitrogens with one attached hydrogen (secondary N) is 2. The van der Waals surface area contributed by atoms with Crippen molar-refractivity contribution in [2.45, 2.75) is 6.92 Å². The molecule has 0 atom stereocenters. The second kappa shape index (κ2) is 8.13. The number of H-pyrrole nitrogens is 1. The zero-order valence-corrected chi connectivity index (χ0v) is 19.5. The SMILES string of the molecule is Cc1nc2ccc(-c3c[nH]c4nc(Nc5cccc(N6CCN(C)CC6)c5)ncc34)cc2s1. The van der Waals surface area contributed by atoms with Crippen LogP contribution in [0.5, 0.6) is 0 Å². The molecule has 5 aromatic rings. The van der Waals surface area contributed by atoms with Crippen LogP contribution in [-0.4, -0.2) is 58.1 Å². The minimum Gasteiger partial charge on any atom is -0.369 e. The molecule has 0 saturated carbocycles. The number of aromatic amines is 1. The Balaban J connectivity index is 1.26. The number of rotatable bonds is 4. The molecule has 7 nitrogen and oxygen atoms in total. The van der Waals surface area contributed by atoms with Gasteiger partial charge in [0.1, 0.15) is 5.65 Å². The number of aryl methyl sites for hydroxylation is 1. The number of nitrogens with zero attached hydrogens (tertiary/aromatic N) is 5. The van der Waals surface area contributed by atoms with Gasteiger partial charge < -0.3 is 20.1 Å². The Bertz CT molecular complexity index is 1450. The normalized spacial score (nSPS) is 14.9. The van der Waals surface area contributed by atoms with Crippen LogP contribution in [0.25, 0.3) is 32.4 Å². The fraction of sp³-hybridized carbons (Fsp3) is 0.240. The van der Waals surface area contributed by atoms with Gasteiger partial charge in [0, 0.05) is 60.9 Å². The van der Waals surface area contributed by atoms with Crippen LogP contribution in [0.15, 0.2) is 54.9 Å². The van der Waals surface area contributed by atoms with Gasteiger partial charge in [-0.15, -0.1) is 11.3 Å². The summed E-state index contributed by atoms with van der Waals surface area (Å²) < 4.78 is 1.19. The predicted octanol–water partition coefficient (Wildman–Crippen LogP) is 5.04. The zero-order chi connectivity index (χ0) is 22.4. The quantitative estimate of drug-likeness (QED) is 0.396. The molecular weight excluding hydrogens is 430 g/mol. The highest BCUT2D eigenvalue weighted by Gasteiger charge is 2.15. The van der Waals surface area contributed by atoms with Crippen molar-refractivity contribution >= 4 is 49.9 Å². The lowest BCUT2D eigenvalue weighted by Gasteiger charge is -2.34. The van der Waals surface area contributed by atoms with E-state index < -0.39 is 0 Å². The van der Waals surface area contributed by atoms with Gasteiger partial charge in [-0.2, -0.15) is 4.98 Å². The third kappa shape index (κ3) is 3.92. The van der Waals surface area contributed by atoms with Crippen LogP contribution in [0, 0.1) is 6.92 Å². The van der Waals surface area contributed by atoms with Crippen molar-refractivity contribution in [3.8, 4) is 11.1 Å². The molecule has 33 heavy (non-hydrogen) atoms. The van der Waals surface area contributed by atoms with E-state index in [0.717, 1.165) is 64.6 Å². The Labute approximate surface area is 196 Å². The highest BCUT2D eigenvalue weighted by Crippen LogP contribution is 2.32. The van der Waals surface area contributed by atoms with Gasteiger partial charge in [-0.05, 0) is 49.9 Å². The molecular formula is C25H25N7S. The maximum atomic E-state index is 4.73. The Kier molecular flexibility index (Phi) is 4.96. The summed E-state index contributed by atoms with van der Waals surface area (Å²) in [6, 6.07) is 14.9. The van der Waals surface area contributed by atoms with Crippen LogP contribution >= 0.6 is 11.3 Å². The molecule has 1 saturated heterocycles. The first-order valence-corrected chi connectivity index (χ1v) is 12.0. The first kappa shape index (κ1) is 20.1. The fourth-order valence-electron chi connectivity index (χ4n) is 4.39. The van der Waals surface area contributed by atoms with E-state index >= 15 is 0 Å². The van der Waals surface area contributed by atoms with Gasteiger partial charge in [0.2, 0.25) is 5.95 Å². The first-order chi connectivity index (χ1) is 16.1. The Hall–Kier alpha value is -3.49. The first-order valence-electron chi connectivity index (χ1n) is 11.1. The Morgan fingerprint density at radius 1 is 1.03 bits per heavy atom. The largest absolute Gasteiger partial charge is 0.369 e. The summed E-state index contributed by atoms with van der Waals surface area (Å²) in [6.07, 6.45) is 3.90. The smallest absolute Gasteiger partial charge is 0.229 e. The van der Waals surface area contributed by atoms with Crippen molar-refractivity contribution in [1.82, 2.24) is 24.8 Å². The van der Waals surface area contributed by atoms with Gasteiger partial charge in [0.15, 0.2) is 0 Å². The van der Waals surface area contributed by atoms with E-state index in [1.807, 2.05) is 19.3 Å². The van der Waals surface area contributed by atoms with Gasteiger partial charge in [0.25, 0.3) is 0 Å². The third-order valence-corrected chi connectivity index (χ3v) is 7.14. The Morgan fingerprint density at radius 3 is 2.79 bits per heavy atom. The number of likely N-dealkylation sites (N-methyl/N-ethyl adjacent to an activating group) is 1. The van der Waals surface area contributed by atoms with E-state index in [4.69, 9.17) is 4.98 Å². The highest BCUT2D eigenvalue weighted by atomic mass is 32.1. The van der Waals surface area contributed by atoms with Crippen LogP contribution in [0.1, 0.15) is 5.01 Å². The van der Waals surface area contributed by atoms with E-state index in [-0.39, 0.29) is 0 Å². The molecule has 0 spiro atoms. The lowest BCUT2D eigenvalue weighted by atomic mass is 10.1. The predicted molar refractivity (Wildman–Crippen MR) is 137 cm³/mol. The summed E-state index contributed by atoms with van der Waals surface area (Å²) in [4.78, 5) is 22.0. The minimum atomic E-state index is 0.583. The van der Waals surface area contributed by atoms with Crippen LogP contribution in [0.2, 0.25) is 0 Å². The van der Waals surface area contributed by atoms with Crippen molar-refractivity contribution in [2.75, 3.05) is 43.4 Å². The number of hydrogen-bond donors (Lipinski definition) is 2. The van der Waals surface area contributed by atoms with Gasteiger partial charge >= 0.3 is 0 Å². The van der Waals surface area contributed by atoms with E-state index in [1.165, 1.54) is 10.4 Å². The number of anilines is 3. The molecule has 0 aliphatic carbocycles.